The fourth-order valence-electron chi connectivity index (χ4n) is 2.03. The molecular weight excluding hydrogens is 329 g/mol. The number of hydrogen-bond donors (Lipinski definition) is 0. The van der Waals surface area contributed by atoms with Crippen LogP contribution in [0, 0.1) is 5.82 Å². The number of nitrogens with zero attached hydrogens (tertiary/aromatic N) is 1. The van der Waals surface area contributed by atoms with E-state index in [1.54, 1.807) is 35.7 Å². The fraction of sp³-hybridized carbons (Fsp3) is 0.0556. The number of thiazole rings is 1. The molecule has 0 saturated carbocycles. The van der Waals surface area contributed by atoms with Gasteiger partial charge in [-0.15, -0.1) is 11.3 Å². The van der Waals surface area contributed by atoms with Gasteiger partial charge in [0.25, 0.3) is 0 Å². The minimum Gasteiger partial charge on any atom is -0.422 e. The lowest BCUT2D eigenvalue weighted by molar-refractivity contribution is 0.0728. The third kappa shape index (κ3) is 3.55. The number of carbonyl (C=O) groups excluding carboxylic acids is 2. The average molecular weight is 341 g/mol. The van der Waals surface area contributed by atoms with Crippen LogP contribution in [0.25, 0.3) is 10.6 Å². The lowest BCUT2D eigenvalue weighted by atomic mass is 10.1. The number of esters is 1. The van der Waals surface area contributed by atoms with Crippen LogP contribution >= 0.6 is 11.3 Å². The zero-order valence-corrected chi connectivity index (χ0v) is 13.5. The molecule has 0 bridgehead atoms. The SMILES string of the molecule is CC(=O)c1cccc(OC(=O)c2csc(-c3ccc(F)cc3)n2)c1. The number of benzene rings is 2. The van der Waals surface area contributed by atoms with Gasteiger partial charge in [-0.25, -0.2) is 14.2 Å². The number of carbonyl (C=O) groups is 2. The normalized spacial score (nSPS) is 10.4. The largest absolute Gasteiger partial charge is 0.422 e. The minimum atomic E-state index is -0.611. The number of ketones is 1. The first kappa shape index (κ1) is 16.0. The monoisotopic (exact) mass is 341 g/mol. The molecule has 0 aliphatic heterocycles. The van der Waals surface area contributed by atoms with E-state index < -0.39 is 5.97 Å². The highest BCUT2D eigenvalue weighted by Gasteiger charge is 2.15. The zero-order chi connectivity index (χ0) is 17.1. The van der Waals surface area contributed by atoms with E-state index in [1.807, 2.05) is 0 Å². The minimum absolute atomic E-state index is 0.111. The van der Waals surface area contributed by atoms with Gasteiger partial charge in [-0.1, -0.05) is 12.1 Å². The van der Waals surface area contributed by atoms with Crippen molar-refractivity contribution in [1.82, 2.24) is 4.98 Å². The second-order valence-corrected chi connectivity index (χ2v) is 5.88. The molecule has 0 aliphatic rings. The molecule has 120 valence electrons. The molecule has 0 amide bonds. The summed E-state index contributed by atoms with van der Waals surface area (Å²) in [5.41, 5.74) is 1.34. The molecule has 1 heterocycles. The highest BCUT2D eigenvalue weighted by molar-refractivity contribution is 7.13. The number of rotatable bonds is 4. The van der Waals surface area contributed by atoms with Crippen LogP contribution in [-0.2, 0) is 0 Å². The van der Waals surface area contributed by atoms with Gasteiger partial charge in [-0.2, -0.15) is 0 Å². The zero-order valence-electron chi connectivity index (χ0n) is 12.7. The molecule has 0 N–H and O–H groups in total. The third-order valence-corrected chi connectivity index (χ3v) is 4.15. The van der Waals surface area contributed by atoms with E-state index in [0.717, 1.165) is 5.56 Å². The average Bonchev–Trinajstić information content (AvgIpc) is 3.06. The van der Waals surface area contributed by atoms with E-state index in [9.17, 15) is 14.0 Å². The number of halogens is 1. The number of hydrogen-bond acceptors (Lipinski definition) is 5. The molecule has 6 heteroatoms. The van der Waals surface area contributed by atoms with Crippen molar-refractivity contribution in [3.8, 4) is 16.3 Å². The van der Waals surface area contributed by atoms with Crippen LogP contribution in [0.15, 0.2) is 53.9 Å². The van der Waals surface area contributed by atoms with Crippen LogP contribution < -0.4 is 4.74 Å². The van der Waals surface area contributed by atoms with Gasteiger partial charge in [0.2, 0.25) is 0 Å². The van der Waals surface area contributed by atoms with Crippen molar-refractivity contribution in [1.29, 1.82) is 0 Å². The van der Waals surface area contributed by atoms with Crippen molar-refractivity contribution in [2.75, 3.05) is 0 Å². The quantitative estimate of drug-likeness (QED) is 0.402. The van der Waals surface area contributed by atoms with Crippen molar-refractivity contribution in [2.24, 2.45) is 0 Å². The van der Waals surface area contributed by atoms with Crippen molar-refractivity contribution in [2.45, 2.75) is 6.92 Å². The highest BCUT2D eigenvalue weighted by Crippen LogP contribution is 2.24. The predicted molar refractivity (Wildman–Crippen MR) is 88.9 cm³/mol. The number of Topliss-reactive ketones (excluding diaryl/α,β-unsaturated/α-hetero) is 1. The van der Waals surface area contributed by atoms with E-state index in [0.29, 0.717) is 10.6 Å². The van der Waals surface area contributed by atoms with Gasteiger partial charge in [0, 0.05) is 16.5 Å². The Morgan fingerprint density at radius 1 is 1.12 bits per heavy atom. The lowest BCUT2D eigenvalue weighted by Gasteiger charge is -2.03. The standard InChI is InChI=1S/C18H12FNO3S/c1-11(21)13-3-2-4-15(9-13)23-18(22)16-10-24-17(20-16)12-5-7-14(19)8-6-12/h2-10H,1H3. The van der Waals surface area contributed by atoms with Crippen LogP contribution in [0.1, 0.15) is 27.8 Å². The summed E-state index contributed by atoms with van der Waals surface area (Å²) >= 11 is 1.27. The molecule has 0 aliphatic carbocycles. The van der Waals surface area contributed by atoms with E-state index in [2.05, 4.69) is 4.98 Å². The molecule has 0 unspecified atom stereocenters. The topological polar surface area (TPSA) is 56.3 Å². The summed E-state index contributed by atoms with van der Waals surface area (Å²) < 4.78 is 18.2. The van der Waals surface area contributed by atoms with Gasteiger partial charge in [-0.05, 0) is 43.3 Å². The molecular formula is C18H12FNO3S. The molecule has 0 spiro atoms. The number of aromatic nitrogens is 1. The Morgan fingerprint density at radius 2 is 1.88 bits per heavy atom. The van der Waals surface area contributed by atoms with Gasteiger partial charge in [0.1, 0.15) is 16.6 Å². The van der Waals surface area contributed by atoms with Crippen LogP contribution in [0.5, 0.6) is 5.75 Å². The van der Waals surface area contributed by atoms with E-state index >= 15 is 0 Å². The summed E-state index contributed by atoms with van der Waals surface area (Å²) in [5.74, 6) is -0.773. The van der Waals surface area contributed by atoms with E-state index in [1.165, 1.54) is 36.5 Å². The van der Waals surface area contributed by atoms with Gasteiger partial charge in [0.05, 0.1) is 0 Å². The highest BCUT2D eigenvalue weighted by atomic mass is 32.1. The van der Waals surface area contributed by atoms with Crippen LogP contribution in [0.4, 0.5) is 4.39 Å². The molecule has 0 radical (unpaired) electrons. The Bertz CT molecular complexity index is 903. The van der Waals surface area contributed by atoms with Crippen LogP contribution in [-0.4, -0.2) is 16.7 Å². The summed E-state index contributed by atoms with van der Waals surface area (Å²) in [7, 11) is 0. The Kier molecular flexibility index (Phi) is 4.48. The van der Waals surface area contributed by atoms with Crippen molar-refractivity contribution >= 4 is 23.1 Å². The van der Waals surface area contributed by atoms with Crippen LogP contribution in [0.3, 0.4) is 0 Å². The number of ether oxygens (including phenoxy) is 1. The summed E-state index contributed by atoms with van der Waals surface area (Å²) in [6, 6.07) is 12.3. The second-order valence-electron chi connectivity index (χ2n) is 5.02. The molecule has 0 atom stereocenters. The van der Waals surface area contributed by atoms with E-state index in [4.69, 9.17) is 4.74 Å². The summed E-state index contributed by atoms with van der Waals surface area (Å²) in [4.78, 5) is 27.7. The Labute approximate surface area is 141 Å². The maximum Gasteiger partial charge on any atom is 0.363 e. The molecule has 0 saturated heterocycles. The van der Waals surface area contributed by atoms with Gasteiger partial charge >= 0.3 is 5.97 Å². The maximum atomic E-state index is 13.0. The summed E-state index contributed by atoms with van der Waals surface area (Å²) in [5, 5.41) is 2.18. The van der Waals surface area contributed by atoms with Gasteiger partial charge in [-0.3, -0.25) is 4.79 Å². The maximum absolute atomic E-state index is 13.0. The Hall–Kier alpha value is -2.86. The van der Waals surface area contributed by atoms with Crippen molar-refractivity contribution in [3.63, 3.8) is 0 Å². The Morgan fingerprint density at radius 3 is 2.58 bits per heavy atom. The lowest BCUT2D eigenvalue weighted by Crippen LogP contribution is -2.09. The van der Waals surface area contributed by atoms with E-state index in [-0.39, 0.29) is 23.0 Å². The van der Waals surface area contributed by atoms with Crippen LogP contribution in [0.2, 0.25) is 0 Å². The first-order valence-electron chi connectivity index (χ1n) is 7.07. The smallest absolute Gasteiger partial charge is 0.363 e. The first-order chi connectivity index (χ1) is 11.5. The summed E-state index contributed by atoms with van der Waals surface area (Å²) in [6.45, 7) is 1.44. The summed E-state index contributed by atoms with van der Waals surface area (Å²) in [6.07, 6.45) is 0. The first-order valence-corrected chi connectivity index (χ1v) is 7.95. The molecule has 4 nitrogen and oxygen atoms in total. The molecule has 24 heavy (non-hydrogen) atoms. The third-order valence-electron chi connectivity index (χ3n) is 3.26. The van der Waals surface area contributed by atoms with Gasteiger partial charge < -0.3 is 4.74 Å². The molecule has 2 aromatic carbocycles. The molecule has 1 aromatic heterocycles. The Balaban J connectivity index is 1.77. The molecule has 0 fully saturated rings. The fourth-order valence-corrected chi connectivity index (χ4v) is 2.83. The van der Waals surface area contributed by atoms with Crippen molar-refractivity contribution < 1.29 is 18.7 Å². The van der Waals surface area contributed by atoms with Crippen molar-refractivity contribution in [3.05, 3.63) is 71.0 Å². The second kappa shape index (κ2) is 6.72. The predicted octanol–water partition coefficient (Wildman–Crippen LogP) is 4.37. The van der Waals surface area contributed by atoms with Gasteiger partial charge in [0.15, 0.2) is 11.5 Å². The molecule has 3 aromatic rings. The molecule has 3 rings (SSSR count).